The molecule has 2 rings (SSSR count). The number of hydrogen-bond donors (Lipinski definition) is 0. The smallest absolute Gasteiger partial charge is 0.305 e. The molecule has 0 saturated carbocycles. The Morgan fingerprint density at radius 3 is 2.45 bits per heavy atom. The molecule has 2 nitrogen and oxygen atoms in total. The van der Waals surface area contributed by atoms with Crippen molar-refractivity contribution in [3.63, 3.8) is 0 Å². The van der Waals surface area contributed by atoms with Crippen LogP contribution in [0, 0.1) is 0 Å². The molecule has 1 aromatic carbocycles. The van der Waals surface area contributed by atoms with Crippen LogP contribution in [0.5, 0.6) is 0 Å². The predicted octanol–water partition coefficient (Wildman–Crippen LogP) is 4.62. The number of ether oxygens (including phenoxy) is 1. The molecule has 1 atom stereocenters. The van der Waals surface area contributed by atoms with Crippen molar-refractivity contribution in [3.05, 3.63) is 35.9 Å². The molecule has 1 heterocycles. The number of cyclic esters (lactones) is 1. The van der Waals surface area contributed by atoms with E-state index in [1.54, 1.807) is 0 Å². The molecule has 0 bridgehead atoms. The van der Waals surface area contributed by atoms with E-state index in [0.29, 0.717) is 13.0 Å². The first-order chi connectivity index (χ1) is 9.71. The third-order valence-corrected chi connectivity index (χ3v) is 4.49. The summed E-state index contributed by atoms with van der Waals surface area (Å²) in [5.41, 5.74) is 1.45. The Morgan fingerprint density at radius 1 is 0.950 bits per heavy atom. The highest BCUT2D eigenvalue weighted by molar-refractivity contribution is 5.69. The summed E-state index contributed by atoms with van der Waals surface area (Å²) in [7, 11) is 0. The molecule has 0 spiro atoms. The fourth-order valence-corrected chi connectivity index (χ4v) is 3.04. The average molecular weight is 274 g/mol. The molecule has 0 aliphatic carbocycles. The Morgan fingerprint density at radius 2 is 1.65 bits per heavy atom. The molecule has 0 amide bonds. The number of benzene rings is 1. The quantitative estimate of drug-likeness (QED) is 0.698. The summed E-state index contributed by atoms with van der Waals surface area (Å²) in [4.78, 5) is 11.8. The van der Waals surface area contributed by atoms with Crippen molar-refractivity contribution < 1.29 is 9.53 Å². The van der Waals surface area contributed by atoms with Gasteiger partial charge in [-0.1, -0.05) is 62.9 Å². The van der Waals surface area contributed by atoms with E-state index in [0.717, 1.165) is 19.3 Å². The van der Waals surface area contributed by atoms with E-state index in [1.165, 1.54) is 31.2 Å². The lowest BCUT2D eigenvalue weighted by molar-refractivity contribution is -0.144. The second kappa shape index (κ2) is 7.47. The SMILES string of the molecule is CC1(c2ccccc2)CCCCCCCOC(=O)CC1. The van der Waals surface area contributed by atoms with Crippen LogP contribution in [0.4, 0.5) is 0 Å². The highest BCUT2D eigenvalue weighted by atomic mass is 16.5. The van der Waals surface area contributed by atoms with Crippen molar-refractivity contribution in [2.24, 2.45) is 0 Å². The van der Waals surface area contributed by atoms with Crippen LogP contribution in [0.25, 0.3) is 0 Å². The summed E-state index contributed by atoms with van der Waals surface area (Å²) in [5, 5.41) is 0. The number of esters is 1. The maximum Gasteiger partial charge on any atom is 0.305 e. The Bertz CT molecular complexity index is 413. The topological polar surface area (TPSA) is 26.3 Å². The van der Waals surface area contributed by atoms with Crippen LogP contribution in [0.1, 0.15) is 63.9 Å². The number of rotatable bonds is 1. The lowest BCUT2D eigenvalue weighted by Crippen LogP contribution is -2.24. The molecule has 1 aliphatic heterocycles. The van der Waals surface area contributed by atoms with Gasteiger partial charge < -0.3 is 4.74 Å². The van der Waals surface area contributed by atoms with Gasteiger partial charge in [-0.3, -0.25) is 4.79 Å². The summed E-state index contributed by atoms with van der Waals surface area (Å²) in [6.45, 7) is 2.89. The largest absolute Gasteiger partial charge is 0.466 e. The monoisotopic (exact) mass is 274 g/mol. The van der Waals surface area contributed by atoms with Crippen LogP contribution in [-0.4, -0.2) is 12.6 Å². The van der Waals surface area contributed by atoms with Gasteiger partial charge in [0.2, 0.25) is 0 Å². The van der Waals surface area contributed by atoms with Crippen LogP contribution in [-0.2, 0) is 14.9 Å². The molecule has 1 aromatic rings. The number of carbonyl (C=O) groups is 1. The van der Waals surface area contributed by atoms with Gasteiger partial charge in [-0.2, -0.15) is 0 Å². The number of hydrogen-bond acceptors (Lipinski definition) is 2. The van der Waals surface area contributed by atoms with E-state index in [4.69, 9.17) is 4.74 Å². The standard InChI is InChI=1S/C18H26O2/c1-18(16-10-6-5-7-11-16)13-8-3-2-4-9-15-20-17(19)12-14-18/h5-7,10-11H,2-4,8-9,12-15H2,1H3. The van der Waals surface area contributed by atoms with Gasteiger partial charge in [0.15, 0.2) is 0 Å². The Labute approximate surface area is 122 Å². The normalized spacial score (nSPS) is 26.1. The van der Waals surface area contributed by atoms with Crippen molar-refractivity contribution in [2.45, 2.75) is 63.7 Å². The molecule has 0 aromatic heterocycles. The highest BCUT2D eigenvalue weighted by Crippen LogP contribution is 2.35. The summed E-state index contributed by atoms with van der Waals surface area (Å²) in [5.74, 6) is -0.0345. The van der Waals surface area contributed by atoms with E-state index < -0.39 is 0 Å². The molecule has 0 radical (unpaired) electrons. The first-order valence-electron chi connectivity index (χ1n) is 7.92. The Hall–Kier alpha value is -1.31. The first-order valence-corrected chi connectivity index (χ1v) is 7.92. The van der Waals surface area contributed by atoms with Crippen molar-refractivity contribution in [3.8, 4) is 0 Å². The molecule has 110 valence electrons. The van der Waals surface area contributed by atoms with Gasteiger partial charge in [-0.15, -0.1) is 0 Å². The minimum atomic E-state index is -0.0345. The maximum atomic E-state index is 11.8. The molecule has 2 heteroatoms. The van der Waals surface area contributed by atoms with Crippen molar-refractivity contribution in [2.75, 3.05) is 6.61 Å². The van der Waals surface area contributed by atoms with Crippen molar-refractivity contribution >= 4 is 5.97 Å². The zero-order valence-electron chi connectivity index (χ0n) is 12.6. The van der Waals surface area contributed by atoms with E-state index >= 15 is 0 Å². The van der Waals surface area contributed by atoms with Gasteiger partial charge in [0.25, 0.3) is 0 Å². The lowest BCUT2D eigenvalue weighted by atomic mass is 9.74. The average Bonchev–Trinajstić information content (AvgIpc) is 2.47. The zero-order chi connectivity index (χ0) is 14.3. The third kappa shape index (κ3) is 4.36. The molecule has 1 fully saturated rings. The van der Waals surface area contributed by atoms with Crippen LogP contribution >= 0.6 is 0 Å². The van der Waals surface area contributed by atoms with Crippen LogP contribution in [0.2, 0.25) is 0 Å². The minimum absolute atomic E-state index is 0.0345. The molecule has 1 unspecified atom stereocenters. The van der Waals surface area contributed by atoms with E-state index in [-0.39, 0.29) is 11.4 Å². The van der Waals surface area contributed by atoms with Crippen molar-refractivity contribution in [1.82, 2.24) is 0 Å². The van der Waals surface area contributed by atoms with Gasteiger partial charge in [-0.05, 0) is 30.2 Å². The molecule has 20 heavy (non-hydrogen) atoms. The van der Waals surface area contributed by atoms with E-state index in [2.05, 4.69) is 37.3 Å². The van der Waals surface area contributed by atoms with Gasteiger partial charge in [0.05, 0.1) is 6.61 Å². The van der Waals surface area contributed by atoms with Gasteiger partial charge >= 0.3 is 5.97 Å². The number of carbonyl (C=O) groups excluding carboxylic acids is 1. The minimum Gasteiger partial charge on any atom is -0.466 e. The van der Waals surface area contributed by atoms with Gasteiger partial charge in [-0.25, -0.2) is 0 Å². The highest BCUT2D eigenvalue weighted by Gasteiger charge is 2.27. The summed E-state index contributed by atoms with van der Waals surface area (Å²) in [6, 6.07) is 10.6. The van der Waals surface area contributed by atoms with Gasteiger partial charge in [0.1, 0.15) is 0 Å². The Kier molecular flexibility index (Phi) is 5.63. The van der Waals surface area contributed by atoms with E-state index in [9.17, 15) is 4.79 Å². The second-order valence-corrected chi connectivity index (χ2v) is 6.16. The van der Waals surface area contributed by atoms with E-state index in [1.807, 2.05) is 0 Å². The summed E-state index contributed by atoms with van der Waals surface area (Å²) >= 11 is 0. The molecule has 1 aliphatic rings. The lowest BCUT2D eigenvalue weighted by Gasteiger charge is -2.30. The summed E-state index contributed by atoms with van der Waals surface area (Å²) in [6.07, 6.45) is 8.56. The molecule has 1 saturated heterocycles. The Balaban J connectivity index is 2.08. The van der Waals surface area contributed by atoms with Crippen LogP contribution in [0.15, 0.2) is 30.3 Å². The molecule has 0 N–H and O–H groups in total. The maximum absolute atomic E-state index is 11.8. The summed E-state index contributed by atoms with van der Waals surface area (Å²) < 4.78 is 5.31. The fraction of sp³-hybridized carbons (Fsp3) is 0.611. The fourth-order valence-electron chi connectivity index (χ4n) is 3.04. The molecular formula is C18H26O2. The first kappa shape index (κ1) is 15.1. The van der Waals surface area contributed by atoms with Gasteiger partial charge in [0, 0.05) is 6.42 Å². The predicted molar refractivity (Wildman–Crippen MR) is 81.7 cm³/mol. The third-order valence-electron chi connectivity index (χ3n) is 4.49. The molecular weight excluding hydrogens is 248 g/mol. The van der Waals surface area contributed by atoms with Crippen molar-refractivity contribution in [1.29, 1.82) is 0 Å². The van der Waals surface area contributed by atoms with Crippen LogP contribution < -0.4 is 0 Å². The second-order valence-electron chi connectivity index (χ2n) is 6.16. The zero-order valence-corrected chi connectivity index (χ0v) is 12.6. The van der Waals surface area contributed by atoms with Crippen LogP contribution in [0.3, 0.4) is 0 Å².